The molecule has 1 aliphatic heterocycles. The fourth-order valence-electron chi connectivity index (χ4n) is 5.03. The minimum absolute atomic E-state index is 0.0934. The highest BCUT2D eigenvalue weighted by atomic mass is 16.5. The fourth-order valence-corrected chi connectivity index (χ4v) is 5.03. The average molecular weight is 412 g/mol. The van der Waals surface area contributed by atoms with Crippen molar-refractivity contribution in [3.63, 3.8) is 0 Å². The Morgan fingerprint density at radius 2 is 1.74 bits per heavy atom. The zero-order chi connectivity index (χ0) is 21.8. The molecule has 0 aromatic heterocycles. The molecule has 0 spiro atoms. The summed E-state index contributed by atoms with van der Waals surface area (Å²) in [5.74, 6) is -0.143. The Labute approximate surface area is 181 Å². The average Bonchev–Trinajstić information content (AvgIpc) is 2.77. The third-order valence-corrected chi connectivity index (χ3v) is 6.40. The molecule has 31 heavy (non-hydrogen) atoms. The van der Waals surface area contributed by atoms with Gasteiger partial charge >= 0.3 is 5.97 Å². The molecule has 3 aromatic carbocycles. The van der Waals surface area contributed by atoms with E-state index in [1.807, 2.05) is 24.3 Å². The number of anilines is 1. The molecule has 0 saturated carbocycles. The van der Waals surface area contributed by atoms with E-state index in [2.05, 4.69) is 43.4 Å². The van der Waals surface area contributed by atoms with Crippen molar-refractivity contribution in [3.8, 4) is 0 Å². The van der Waals surface area contributed by atoms with E-state index in [4.69, 9.17) is 4.74 Å². The van der Waals surface area contributed by atoms with Crippen LogP contribution in [-0.4, -0.2) is 18.9 Å². The molecule has 0 fully saturated rings. The van der Waals surface area contributed by atoms with Crippen LogP contribution in [-0.2, 0) is 9.53 Å². The largest absolute Gasteiger partial charge is 0.465 e. The summed E-state index contributed by atoms with van der Waals surface area (Å²) in [6, 6.07) is 19.8. The molecule has 5 rings (SSSR count). The minimum Gasteiger partial charge on any atom is -0.465 e. The van der Waals surface area contributed by atoms with E-state index in [9.17, 15) is 9.59 Å². The highest BCUT2D eigenvalue weighted by Crippen LogP contribution is 2.51. The molecule has 3 aromatic rings. The fraction of sp³-hybridized carbons (Fsp3) is 0.259. The van der Waals surface area contributed by atoms with Crippen LogP contribution >= 0.6 is 0 Å². The predicted octanol–water partition coefficient (Wildman–Crippen LogP) is 5.94. The molecule has 4 heteroatoms. The topological polar surface area (TPSA) is 55.4 Å². The minimum atomic E-state index is -0.353. The molecular formula is C27H25NO3. The Morgan fingerprint density at radius 3 is 2.48 bits per heavy atom. The van der Waals surface area contributed by atoms with Gasteiger partial charge in [0.1, 0.15) is 0 Å². The highest BCUT2D eigenvalue weighted by Gasteiger charge is 2.40. The first-order valence-corrected chi connectivity index (χ1v) is 10.6. The van der Waals surface area contributed by atoms with E-state index in [1.54, 1.807) is 12.1 Å². The zero-order valence-corrected chi connectivity index (χ0v) is 18.0. The molecule has 0 saturated heterocycles. The second-order valence-electron chi connectivity index (χ2n) is 9.24. The number of nitrogens with one attached hydrogen (secondary N) is 1. The normalized spacial score (nSPS) is 19.5. The van der Waals surface area contributed by atoms with Crippen LogP contribution in [0.1, 0.15) is 54.2 Å². The van der Waals surface area contributed by atoms with Gasteiger partial charge in [-0.25, -0.2) is 4.79 Å². The number of methoxy groups -OCH3 is 1. The lowest BCUT2D eigenvalue weighted by Crippen LogP contribution is -2.32. The maximum Gasteiger partial charge on any atom is 0.337 e. The van der Waals surface area contributed by atoms with E-state index in [1.165, 1.54) is 7.11 Å². The van der Waals surface area contributed by atoms with Crippen molar-refractivity contribution < 1.29 is 14.3 Å². The number of hydrogen-bond donors (Lipinski definition) is 1. The van der Waals surface area contributed by atoms with Crippen LogP contribution in [0.4, 0.5) is 5.69 Å². The predicted molar refractivity (Wildman–Crippen MR) is 123 cm³/mol. The Balaban J connectivity index is 1.71. The van der Waals surface area contributed by atoms with Crippen molar-refractivity contribution in [1.29, 1.82) is 0 Å². The molecule has 1 N–H and O–H groups in total. The summed E-state index contributed by atoms with van der Waals surface area (Å²) in [4.78, 5) is 25.3. The van der Waals surface area contributed by atoms with Crippen LogP contribution in [0.2, 0.25) is 0 Å². The van der Waals surface area contributed by atoms with E-state index in [0.29, 0.717) is 12.0 Å². The number of fused-ring (bicyclic) bond motifs is 4. The number of ether oxygens (including phenoxy) is 1. The Hall–Kier alpha value is -3.40. The second-order valence-corrected chi connectivity index (χ2v) is 9.24. The van der Waals surface area contributed by atoms with Crippen molar-refractivity contribution in [3.05, 3.63) is 82.9 Å². The number of rotatable bonds is 2. The van der Waals surface area contributed by atoms with E-state index >= 15 is 0 Å². The van der Waals surface area contributed by atoms with Gasteiger partial charge in [-0.3, -0.25) is 4.79 Å². The Kier molecular flexibility index (Phi) is 4.47. The molecule has 1 aliphatic carbocycles. The van der Waals surface area contributed by atoms with Crippen LogP contribution in [0.25, 0.3) is 16.3 Å². The second kappa shape index (κ2) is 7.09. The lowest BCUT2D eigenvalue weighted by atomic mass is 9.68. The summed E-state index contributed by atoms with van der Waals surface area (Å²) < 4.78 is 4.83. The first kappa shape index (κ1) is 19.6. The number of benzene rings is 3. The molecule has 1 heterocycles. The molecule has 156 valence electrons. The summed E-state index contributed by atoms with van der Waals surface area (Å²) in [6.07, 6.45) is 1.38. The molecule has 4 nitrogen and oxygen atoms in total. The number of carbonyl (C=O) groups excluding carboxylic acids is 2. The van der Waals surface area contributed by atoms with Crippen molar-refractivity contribution in [2.75, 3.05) is 12.4 Å². The van der Waals surface area contributed by atoms with Gasteiger partial charge in [0.2, 0.25) is 0 Å². The summed E-state index contributed by atoms with van der Waals surface area (Å²) in [5, 5.41) is 5.94. The summed E-state index contributed by atoms with van der Waals surface area (Å²) >= 11 is 0. The van der Waals surface area contributed by atoms with Gasteiger partial charge in [0.15, 0.2) is 5.78 Å². The lowest BCUT2D eigenvalue weighted by molar-refractivity contribution is -0.116. The molecule has 0 amide bonds. The number of carbonyl (C=O) groups is 2. The summed E-state index contributed by atoms with van der Waals surface area (Å²) in [7, 11) is 1.38. The van der Waals surface area contributed by atoms with Gasteiger partial charge < -0.3 is 10.1 Å². The molecule has 2 aliphatic rings. The van der Waals surface area contributed by atoms with Gasteiger partial charge in [-0.05, 0) is 51.9 Å². The highest BCUT2D eigenvalue weighted by molar-refractivity contribution is 6.28. The monoisotopic (exact) mass is 411 g/mol. The van der Waals surface area contributed by atoms with E-state index in [-0.39, 0.29) is 23.2 Å². The van der Waals surface area contributed by atoms with Gasteiger partial charge in [-0.1, -0.05) is 56.3 Å². The standard InChI is InChI=1S/C27H25NO3/c1-27(2)14-20-24(22(29)15-27)23-19-7-5-4-6-16(19)12-13-21(23)28-25(20)17-8-10-18(11-9-17)26(30)31-3/h4-13,25,28H,14-15H2,1-3H3/t25-/m1/s1. The molecule has 1 atom stereocenters. The van der Waals surface area contributed by atoms with Crippen LogP contribution in [0.3, 0.4) is 0 Å². The Bertz CT molecular complexity index is 1250. The van der Waals surface area contributed by atoms with Crippen molar-refractivity contribution in [2.24, 2.45) is 5.41 Å². The van der Waals surface area contributed by atoms with Crippen molar-refractivity contribution in [2.45, 2.75) is 32.7 Å². The maximum atomic E-state index is 13.5. The SMILES string of the molecule is COC(=O)c1ccc([C@H]2Nc3ccc4ccccc4c3C3=C2CC(C)(C)CC3=O)cc1. The number of esters is 1. The van der Waals surface area contributed by atoms with Crippen molar-refractivity contribution in [1.82, 2.24) is 0 Å². The van der Waals surface area contributed by atoms with Gasteiger partial charge in [0.05, 0.1) is 18.7 Å². The number of Topliss-reactive ketones (excluding diaryl/α,β-unsaturated/α-hetero) is 1. The maximum absolute atomic E-state index is 13.5. The van der Waals surface area contributed by atoms with Gasteiger partial charge in [-0.2, -0.15) is 0 Å². The first-order chi connectivity index (χ1) is 14.9. The van der Waals surface area contributed by atoms with E-state index < -0.39 is 0 Å². The van der Waals surface area contributed by atoms with Gasteiger partial charge in [-0.15, -0.1) is 0 Å². The number of allylic oxidation sites excluding steroid dienone is 1. The first-order valence-electron chi connectivity index (χ1n) is 10.6. The summed E-state index contributed by atoms with van der Waals surface area (Å²) in [6.45, 7) is 4.31. The van der Waals surface area contributed by atoms with Gasteiger partial charge in [0.25, 0.3) is 0 Å². The van der Waals surface area contributed by atoms with E-state index in [0.717, 1.165) is 45.2 Å². The smallest absolute Gasteiger partial charge is 0.337 e. The van der Waals surface area contributed by atoms with Crippen LogP contribution in [0, 0.1) is 5.41 Å². The van der Waals surface area contributed by atoms with Crippen LogP contribution in [0.5, 0.6) is 0 Å². The molecule has 0 unspecified atom stereocenters. The number of ketones is 1. The van der Waals surface area contributed by atoms with Crippen LogP contribution in [0.15, 0.2) is 66.2 Å². The van der Waals surface area contributed by atoms with Crippen molar-refractivity contribution >= 4 is 33.8 Å². The third kappa shape index (κ3) is 3.23. The molecular weight excluding hydrogens is 386 g/mol. The zero-order valence-electron chi connectivity index (χ0n) is 18.0. The Morgan fingerprint density at radius 1 is 1.00 bits per heavy atom. The molecule has 0 bridgehead atoms. The number of hydrogen-bond acceptors (Lipinski definition) is 4. The summed E-state index contributed by atoms with van der Waals surface area (Å²) in [5.41, 5.74) is 5.46. The lowest BCUT2D eigenvalue weighted by Gasteiger charge is -2.40. The van der Waals surface area contributed by atoms with Gasteiger partial charge in [0, 0.05) is 23.2 Å². The molecule has 0 radical (unpaired) electrons. The van der Waals surface area contributed by atoms with Crippen LogP contribution < -0.4 is 5.32 Å². The quantitative estimate of drug-likeness (QED) is 0.531. The third-order valence-electron chi connectivity index (χ3n) is 6.40.